The van der Waals surface area contributed by atoms with Crippen LogP contribution >= 0.6 is 15.9 Å². The summed E-state index contributed by atoms with van der Waals surface area (Å²) in [6, 6.07) is 4.82. The van der Waals surface area contributed by atoms with E-state index in [0.717, 1.165) is 31.5 Å². The van der Waals surface area contributed by atoms with Gasteiger partial charge in [0.25, 0.3) is 5.69 Å². The highest BCUT2D eigenvalue weighted by atomic mass is 79.9. The lowest BCUT2D eigenvalue weighted by atomic mass is 10.0. The first-order valence-corrected chi connectivity index (χ1v) is 7.79. The Bertz CT molecular complexity index is 603. The molecular weight excluding hydrogens is 352 g/mol. The second-order valence-electron chi connectivity index (χ2n) is 5.03. The Hall–Kier alpha value is -1.89. The number of halogens is 1. The van der Waals surface area contributed by atoms with Crippen LogP contribution in [-0.4, -0.2) is 30.6 Å². The molecule has 1 aliphatic heterocycles. The zero-order chi connectivity index (χ0) is 16.1. The highest BCUT2D eigenvalue weighted by Gasteiger charge is 2.23. The maximum absolute atomic E-state index is 11.3. The standard InChI is InChI=1S/C15H17BrN2O4/c1-22-15(19)8-6-11-4-2-3-9-17(11)14-7-5-12(18(20)21)10-13(14)16/h5-8,10-11H,2-4,9H2,1H3/b8-6+. The van der Waals surface area contributed by atoms with E-state index in [2.05, 4.69) is 25.6 Å². The minimum atomic E-state index is -0.417. The zero-order valence-electron chi connectivity index (χ0n) is 12.2. The summed E-state index contributed by atoms with van der Waals surface area (Å²) in [5, 5.41) is 10.8. The zero-order valence-corrected chi connectivity index (χ0v) is 13.8. The number of non-ortho nitro benzene ring substituents is 1. The molecule has 118 valence electrons. The molecule has 7 heteroatoms. The summed E-state index contributed by atoms with van der Waals surface area (Å²) >= 11 is 3.41. The van der Waals surface area contributed by atoms with Crippen molar-refractivity contribution in [2.75, 3.05) is 18.6 Å². The van der Waals surface area contributed by atoms with Crippen molar-refractivity contribution in [3.8, 4) is 0 Å². The summed E-state index contributed by atoms with van der Waals surface area (Å²) in [6.07, 6.45) is 6.32. The van der Waals surface area contributed by atoms with Crippen LogP contribution in [0.2, 0.25) is 0 Å². The van der Waals surface area contributed by atoms with Gasteiger partial charge in [-0.15, -0.1) is 0 Å². The Balaban J connectivity index is 2.25. The highest BCUT2D eigenvalue weighted by molar-refractivity contribution is 9.10. The molecule has 0 N–H and O–H groups in total. The molecule has 0 bridgehead atoms. The number of carbonyl (C=O) groups excluding carboxylic acids is 1. The third-order valence-corrected chi connectivity index (χ3v) is 4.29. The van der Waals surface area contributed by atoms with Gasteiger partial charge in [-0.2, -0.15) is 0 Å². The van der Waals surface area contributed by atoms with E-state index >= 15 is 0 Å². The predicted octanol–water partition coefficient (Wildman–Crippen LogP) is 3.45. The molecule has 0 saturated carbocycles. The molecule has 6 nitrogen and oxygen atoms in total. The van der Waals surface area contributed by atoms with E-state index in [4.69, 9.17) is 0 Å². The number of ether oxygens (including phenoxy) is 1. The molecule has 0 amide bonds. The highest BCUT2D eigenvalue weighted by Crippen LogP contribution is 2.34. The van der Waals surface area contributed by atoms with E-state index in [-0.39, 0.29) is 17.7 Å². The van der Waals surface area contributed by atoms with Gasteiger partial charge in [-0.05, 0) is 41.3 Å². The Morgan fingerprint density at radius 2 is 2.27 bits per heavy atom. The van der Waals surface area contributed by atoms with Crippen LogP contribution in [0, 0.1) is 10.1 Å². The van der Waals surface area contributed by atoms with Crippen molar-refractivity contribution in [1.29, 1.82) is 0 Å². The van der Waals surface area contributed by atoms with Gasteiger partial charge in [-0.1, -0.05) is 6.08 Å². The largest absolute Gasteiger partial charge is 0.466 e. The van der Waals surface area contributed by atoms with Gasteiger partial charge in [-0.25, -0.2) is 4.79 Å². The van der Waals surface area contributed by atoms with Crippen molar-refractivity contribution in [2.24, 2.45) is 0 Å². The minimum absolute atomic E-state index is 0.0503. The Labute approximate surface area is 137 Å². The lowest BCUT2D eigenvalue weighted by Crippen LogP contribution is -2.38. The molecule has 1 aromatic carbocycles. The molecule has 1 saturated heterocycles. The maximum Gasteiger partial charge on any atom is 0.330 e. The van der Waals surface area contributed by atoms with Gasteiger partial charge in [0.1, 0.15) is 0 Å². The van der Waals surface area contributed by atoms with E-state index in [0.29, 0.717) is 4.47 Å². The average Bonchev–Trinajstić information content (AvgIpc) is 2.52. The van der Waals surface area contributed by atoms with Crippen LogP contribution in [0.4, 0.5) is 11.4 Å². The molecule has 0 radical (unpaired) electrons. The van der Waals surface area contributed by atoms with Crippen LogP contribution in [0.15, 0.2) is 34.8 Å². The van der Waals surface area contributed by atoms with Crippen molar-refractivity contribution in [3.05, 3.63) is 44.9 Å². The number of carbonyl (C=O) groups is 1. The van der Waals surface area contributed by atoms with E-state index in [1.165, 1.54) is 25.3 Å². The van der Waals surface area contributed by atoms with Crippen molar-refractivity contribution in [2.45, 2.75) is 25.3 Å². The first kappa shape index (κ1) is 16.5. The molecule has 0 aromatic heterocycles. The van der Waals surface area contributed by atoms with Crippen molar-refractivity contribution in [1.82, 2.24) is 0 Å². The normalized spacial score (nSPS) is 18.5. The van der Waals surface area contributed by atoms with Gasteiger partial charge in [-0.3, -0.25) is 10.1 Å². The first-order valence-electron chi connectivity index (χ1n) is 6.99. The van der Waals surface area contributed by atoms with Crippen LogP contribution in [0.3, 0.4) is 0 Å². The van der Waals surface area contributed by atoms with Crippen LogP contribution in [0.1, 0.15) is 19.3 Å². The van der Waals surface area contributed by atoms with Gasteiger partial charge in [0.05, 0.1) is 17.7 Å². The molecule has 1 fully saturated rings. The van der Waals surface area contributed by atoms with Gasteiger partial charge >= 0.3 is 5.97 Å². The first-order chi connectivity index (χ1) is 10.5. The van der Waals surface area contributed by atoms with Gasteiger partial charge < -0.3 is 9.64 Å². The summed E-state index contributed by atoms with van der Waals surface area (Å²) in [5.41, 5.74) is 0.944. The second-order valence-corrected chi connectivity index (χ2v) is 5.89. The molecule has 0 spiro atoms. The van der Waals surface area contributed by atoms with E-state index < -0.39 is 4.92 Å². The molecule has 1 aromatic rings. The lowest BCUT2D eigenvalue weighted by Gasteiger charge is -2.36. The number of benzene rings is 1. The number of esters is 1. The SMILES string of the molecule is COC(=O)/C=C/C1CCCCN1c1ccc([N+](=O)[O-])cc1Br. The summed E-state index contributed by atoms with van der Waals surface area (Å²) < 4.78 is 5.30. The maximum atomic E-state index is 11.3. The Morgan fingerprint density at radius 1 is 1.50 bits per heavy atom. The van der Waals surface area contributed by atoms with E-state index in [1.54, 1.807) is 6.07 Å². The number of hydrogen-bond acceptors (Lipinski definition) is 5. The Kier molecular flexibility index (Phi) is 5.54. The van der Waals surface area contributed by atoms with Gasteiger partial charge in [0, 0.05) is 35.3 Å². The lowest BCUT2D eigenvalue weighted by molar-refractivity contribution is -0.384. The van der Waals surface area contributed by atoms with Gasteiger partial charge in [0.2, 0.25) is 0 Å². The summed E-state index contributed by atoms with van der Waals surface area (Å²) in [6.45, 7) is 0.840. The van der Waals surface area contributed by atoms with E-state index in [1.807, 2.05) is 6.08 Å². The number of piperidine rings is 1. The van der Waals surface area contributed by atoms with Crippen molar-refractivity contribution < 1.29 is 14.5 Å². The fourth-order valence-corrected chi connectivity index (χ4v) is 3.15. The van der Waals surface area contributed by atoms with Crippen LogP contribution < -0.4 is 4.90 Å². The van der Waals surface area contributed by atoms with Crippen LogP contribution in [0.25, 0.3) is 0 Å². The summed E-state index contributed by atoms with van der Waals surface area (Å²) in [5.74, 6) is -0.381. The molecule has 22 heavy (non-hydrogen) atoms. The van der Waals surface area contributed by atoms with E-state index in [9.17, 15) is 14.9 Å². The third-order valence-electron chi connectivity index (χ3n) is 3.66. The van der Waals surface area contributed by atoms with Crippen molar-refractivity contribution >= 4 is 33.3 Å². The molecular formula is C15H17BrN2O4. The molecule has 0 aliphatic carbocycles. The second kappa shape index (κ2) is 7.40. The smallest absolute Gasteiger partial charge is 0.330 e. The predicted molar refractivity (Wildman–Crippen MR) is 86.9 cm³/mol. The molecule has 1 heterocycles. The quantitative estimate of drug-likeness (QED) is 0.352. The van der Waals surface area contributed by atoms with Gasteiger partial charge in [0.15, 0.2) is 0 Å². The summed E-state index contributed by atoms with van der Waals surface area (Å²) in [4.78, 5) is 23.8. The number of nitro benzene ring substituents is 1. The number of hydrogen-bond donors (Lipinski definition) is 0. The third kappa shape index (κ3) is 3.85. The topological polar surface area (TPSA) is 72.7 Å². The molecule has 1 atom stereocenters. The molecule has 2 rings (SSSR count). The number of methoxy groups -OCH3 is 1. The fraction of sp³-hybridized carbons (Fsp3) is 0.400. The Morgan fingerprint density at radius 3 is 2.91 bits per heavy atom. The van der Waals surface area contributed by atoms with Crippen LogP contribution in [-0.2, 0) is 9.53 Å². The molecule has 1 aliphatic rings. The fourth-order valence-electron chi connectivity index (χ4n) is 2.56. The van der Waals surface area contributed by atoms with Crippen LogP contribution in [0.5, 0.6) is 0 Å². The number of nitro groups is 1. The number of nitrogens with zero attached hydrogens (tertiary/aromatic N) is 2. The monoisotopic (exact) mass is 368 g/mol. The van der Waals surface area contributed by atoms with Crippen molar-refractivity contribution in [3.63, 3.8) is 0 Å². The molecule has 1 unspecified atom stereocenters. The average molecular weight is 369 g/mol. The number of anilines is 1. The summed E-state index contributed by atoms with van der Waals surface area (Å²) in [7, 11) is 1.35. The minimum Gasteiger partial charge on any atom is -0.466 e. The number of rotatable bonds is 4.